The van der Waals surface area contributed by atoms with Gasteiger partial charge in [0.05, 0.1) is 35.9 Å². The normalized spacial score (nSPS) is 46.8. The fraction of sp³-hybridized carbons (Fsp3) is 0.938. The Bertz CT molecular complexity index is 961. The highest BCUT2D eigenvalue weighted by molar-refractivity contribution is 5.93. The van der Waals surface area contributed by atoms with Crippen LogP contribution in [0, 0.1) is 29.6 Å². The molecule has 42 heavy (non-hydrogen) atoms. The molecular formula is C32H56N2O8. The maximum Gasteiger partial charge on any atom is 0.311 e. The summed E-state index contributed by atoms with van der Waals surface area (Å²) in [5.41, 5.74) is -0.0235. The molecule has 1 N–H and O–H groups in total. The van der Waals surface area contributed by atoms with Gasteiger partial charge in [0.25, 0.3) is 0 Å². The first-order valence-corrected chi connectivity index (χ1v) is 16.1. The molecule has 10 nitrogen and oxygen atoms in total. The van der Waals surface area contributed by atoms with Crippen LogP contribution in [0.1, 0.15) is 81.6 Å². The zero-order valence-corrected chi connectivity index (χ0v) is 27.6. The number of nitrogens with zero attached hydrogens (tertiary/aromatic N) is 2. The third kappa shape index (κ3) is 6.69. The van der Waals surface area contributed by atoms with Gasteiger partial charge in [0.1, 0.15) is 17.9 Å². The monoisotopic (exact) mass is 596 g/mol. The first-order chi connectivity index (χ1) is 19.7. The molecule has 0 spiro atoms. The molecule has 0 amide bonds. The Hall–Kier alpha value is -1.30. The lowest BCUT2D eigenvalue weighted by Crippen LogP contribution is -2.68. The van der Waals surface area contributed by atoms with Crippen molar-refractivity contribution in [2.24, 2.45) is 34.7 Å². The number of ether oxygens (including phenoxy) is 5. The van der Waals surface area contributed by atoms with Gasteiger partial charge in [-0.15, -0.1) is 0 Å². The third-order valence-corrected chi connectivity index (χ3v) is 10.0. The third-order valence-electron chi connectivity index (χ3n) is 10.0. The summed E-state index contributed by atoms with van der Waals surface area (Å²) >= 11 is 0. The van der Waals surface area contributed by atoms with Crippen molar-refractivity contribution in [1.29, 1.82) is 0 Å². The molecule has 4 rings (SSSR count). The van der Waals surface area contributed by atoms with E-state index in [1.807, 2.05) is 27.7 Å². The Labute approximate surface area is 252 Å². The minimum absolute atomic E-state index is 0.00585. The maximum absolute atomic E-state index is 13.7. The van der Waals surface area contributed by atoms with E-state index in [0.29, 0.717) is 19.4 Å². The Morgan fingerprint density at radius 3 is 2.36 bits per heavy atom. The molecule has 4 heterocycles. The van der Waals surface area contributed by atoms with Gasteiger partial charge in [-0.3, -0.25) is 4.79 Å². The number of rotatable bonds is 5. The number of aliphatic hydroxyl groups excluding tert-OH is 1. The van der Waals surface area contributed by atoms with Gasteiger partial charge >= 0.3 is 5.97 Å². The van der Waals surface area contributed by atoms with Crippen molar-refractivity contribution in [2.75, 3.05) is 20.7 Å². The number of fused-ring (bicyclic) bond motifs is 3. The predicted molar refractivity (Wildman–Crippen MR) is 159 cm³/mol. The highest BCUT2D eigenvalue weighted by Crippen LogP contribution is 2.45. The van der Waals surface area contributed by atoms with Crippen LogP contribution in [0.3, 0.4) is 0 Å². The topological polar surface area (TPSA) is 108 Å². The molecule has 10 heteroatoms. The molecule has 0 saturated carbocycles. The van der Waals surface area contributed by atoms with Crippen LogP contribution in [0.2, 0.25) is 0 Å². The number of cyclic esters (lactones) is 1. The van der Waals surface area contributed by atoms with Crippen LogP contribution in [-0.4, -0.2) is 103 Å². The van der Waals surface area contributed by atoms with Crippen molar-refractivity contribution < 1.29 is 38.4 Å². The minimum atomic E-state index is -0.819. The number of aliphatic hydroxyl groups is 1. The summed E-state index contributed by atoms with van der Waals surface area (Å²) < 4.78 is 32.9. The molecule has 3 fully saturated rings. The zero-order valence-electron chi connectivity index (χ0n) is 27.6. The number of hydrogen-bond acceptors (Lipinski definition) is 10. The van der Waals surface area contributed by atoms with Crippen LogP contribution >= 0.6 is 0 Å². The van der Waals surface area contributed by atoms with Crippen LogP contribution in [0.25, 0.3) is 0 Å². The molecule has 0 radical (unpaired) electrons. The minimum Gasteiger partial charge on any atom is -0.462 e. The lowest BCUT2D eigenvalue weighted by atomic mass is 9.75. The predicted octanol–water partition coefficient (Wildman–Crippen LogP) is 4.02. The van der Waals surface area contributed by atoms with Crippen molar-refractivity contribution in [2.45, 2.75) is 142 Å². The number of carbonyl (C=O) groups excluding carboxylic acids is 1. The summed E-state index contributed by atoms with van der Waals surface area (Å²) in [6, 6.07) is 0.102. The first-order valence-electron chi connectivity index (χ1n) is 16.1. The number of likely N-dealkylation sites (N-methyl/N-ethyl adjacent to an activating group) is 1. The number of carbonyl (C=O) groups is 1. The number of esters is 1. The van der Waals surface area contributed by atoms with E-state index in [9.17, 15) is 9.90 Å². The van der Waals surface area contributed by atoms with Crippen LogP contribution in [0.4, 0.5) is 0 Å². The second-order valence-corrected chi connectivity index (χ2v) is 14.2. The van der Waals surface area contributed by atoms with Gasteiger partial charge in [-0.1, -0.05) is 46.7 Å². The molecule has 0 bridgehead atoms. The van der Waals surface area contributed by atoms with Gasteiger partial charge < -0.3 is 38.5 Å². The van der Waals surface area contributed by atoms with E-state index in [-0.39, 0.29) is 54.0 Å². The van der Waals surface area contributed by atoms with Gasteiger partial charge in [-0.05, 0) is 53.6 Å². The van der Waals surface area contributed by atoms with Gasteiger partial charge in [0.2, 0.25) is 0 Å². The SMILES string of the molecule is CC[C@H]1OC(=O)C(C)[C@@H](OCC(C)C)[C@H](C)[C@H]2OC3OC(C)CC(N(C)C)[C@H]3O[C@]2(C)C[C@H]2ON=C2C(C)C(O)[C@H]1C. The summed E-state index contributed by atoms with van der Waals surface area (Å²) in [6.45, 7) is 18.6. The second-order valence-electron chi connectivity index (χ2n) is 14.2. The van der Waals surface area contributed by atoms with E-state index >= 15 is 0 Å². The first kappa shape index (κ1) is 33.6. The van der Waals surface area contributed by atoms with Crippen LogP contribution in [0.15, 0.2) is 5.16 Å². The average molecular weight is 597 g/mol. The lowest BCUT2D eigenvalue weighted by Gasteiger charge is -2.56. The molecule has 0 aromatic rings. The molecule has 4 aliphatic rings. The molecular weight excluding hydrogens is 540 g/mol. The molecule has 14 atom stereocenters. The summed E-state index contributed by atoms with van der Waals surface area (Å²) in [6.07, 6.45) is -1.48. The summed E-state index contributed by atoms with van der Waals surface area (Å²) in [4.78, 5) is 21.7. The van der Waals surface area contributed by atoms with Gasteiger partial charge in [0, 0.05) is 36.8 Å². The van der Waals surface area contributed by atoms with Crippen LogP contribution in [0.5, 0.6) is 0 Å². The van der Waals surface area contributed by atoms with E-state index < -0.39 is 42.2 Å². The Morgan fingerprint density at radius 2 is 1.79 bits per heavy atom. The van der Waals surface area contributed by atoms with Crippen molar-refractivity contribution in [1.82, 2.24) is 4.90 Å². The van der Waals surface area contributed by atoms with Crippen molar-refractivity contribution in [3.63, 3.8) is 0 Å². The fourth-order valence-electron chi connectivity index (χ4n) is 7.38. The molecule has 6 unspecified atom stereocenters. The summed E-state index contributed by atoms with van der Waals surface area (Å²) in [5.74, 6) is -1.45. The number of oxime groups is 1. The van der Waals surface area contributed by atoms with Gasteiger partial charge in [-0.2, -0.15) is 0 Å². The zero-order chi connectivity index (χ0) is 31.1. The quantitative estimate of drug-likeness (QED) is 0.471. The standard InChI is InChI=1S/C32H56N2O8/c1-12-23-18(5)26(35)19(6)25-24(42-33-25)14-32(9)29(20(7)27(37-15-16(2)3)21(8)30(36)39-23)40-31-28(41-32)22(34(10)11)13-17(4)38-31/h16-24,26-29,31,35H,12-15H2,1-11H3/t17?,18-,19?,20-,21?,22?,23+,24+,26?,27-,28+,29+,31?,32+/m0/s1. The molecule has 242 valence electrons. The molecule has 0 aromatic heterocycles. The van der Waals surface area contributed by atoms with Crippen LogP contribution < -0.4 is 0 Å². The van der Waals surface area contributed by atoms with Crippen LogP contribution in [-0.2, 0) is 33.3 Å². The van der Waals surface area contributed by atoms with E-state index in [1.165, 1.54) is 0 Å². The van der Waals surface area contributed by atoms with Crippen molar-refractivity contribution >= 4 is 11.7 Å². The largest absolute Gasteiger partial charge is 0.462 e. The Morgan fingerprint density at radius 1 is 1.10 bits per heavy atom. The second kappa shape index (κ2) is 13.4. The Kier molecular flexibility index (Phi) is 10.7. The van der Waals surface area contributed by atoms with E-state index in [4.69, 9.17) is 28.5 Å². The summed E-state index contributed by atoms with van der Waals surface area (Å²) in [5, 5.41) is 15.7. The highest BCUT2D eigenvalue weighted by atomic mass is 16.7. The fourth-order valence-corrected chi connectivity index (χ4v) is 7.38. The smallest absolute Gasteiger partial charge is 0.311 e. The van der Waals surface area contributed by atoms with Crippen molar-refractivity contribution in [3.8, 4) is 0 Å². The molecule has 0 aromatic carbocycles. The van der Waals surface area contributed by atoms with Gasteiger partial charge in [-0.25, -0.2) is 0 Å². The number of hydrogen-bond donors (Lipinski definition) is 1. The molecule has 4 aliphatic heterocycles. The Balaban J connectivity index is 1.76. The maximum atomic E-state index is 13.7. The molecule has 0 aliphatic carbocycles. The highest BCUT2D eigenvalue weighted by Gasteiger charge is 2.58. The van der Waals surface area contributed by atoms with E-state index in [1.54, 1.807) is 0 Å². The summed E-state index contributed by atoms with van der Waals surface area (Å²) in [7, 11) is 4.12. The van der Waals surface area contributed by atoms with Crippen molar-refractivity contribution in [3.05, 3.63) is 0 Å². The van der Waals surface area contributed by atoms with Gasteiger partial charge in [0.15, 0.2) is 12.4 Å². The molecule has 3 saturated heterocycles. The van der Waals surface area contributed by atoms with E-state index in [0.717, 1.165) is 12.1 Å². The average Bonchev–Trinajstić information content (AvgIpc) is 2.91. The lowest BCUT2D eigenvalue weighted by molar-refractivity contribution is -0.375. The van der Waals surface area contributed by atoms with E-state index in [2.05, 4.69) is 58.8 Å².